The molecule has 0 saturated heterocycles. The Morgan fingerprint density at radius 3 is 2.65 bits per heavy atom. The monoisotopic (exact) mass is 311 g/mol. The van der Waals surface area contributed by atoms with Crippen molar-refractivity contribution in [3.63, 3.8) is 0 Å². The van der Waals surface area contributed by atoms with Gasteiger partial charge in [0, 0.05) is 32.4 Å². The van der Waals surface area contributed by atoms with E-state index in [1.54, 1.807) is 13.2 Å². The van der Waals surface area contributed by atoms with Crippen LogP contribution in [0.3, 0.4) is 0 Å². The molecule has 0 spiro atoms. The van der Waals surface area contributed by atoms with Gasteiger partial charge in [-0.2, -0.15) is 0 Å². The maximum atomic E-state index is 11.1. The number of guanidine groups is 1. The lowest BCUT2D eigenvalue weighted by Crippen LogP contribution is -2.36. The van der Waals surface area contributed by atoms with Crippen LogP contribution in [0.25, 0.3) is 0 Å². The number of aliphatic imine (C=N–C) groups is 1. The second-order valence-corrected chi connectivity index (χ2v) is 4.98. The summed E-state index contributed by atoms with van der Waals surface area (Å²) in [4.78, 5) is 19.5. The number of nitrogens with one attached hydrogen (secondary N) is 3. The van der Waals surface area contributed by atoms with E-state index in [0.29, 0.717) is 19.0 Å². The zero-order valence-corrected chi connectivity index (χ0v) is 13.3. The van der Waals surface area contributed by atoms with Gasteiger partial charge >= 0.3 is 0 Å². The molecule has 3 N–H and O–H groups in total. The first-order valence-electron chi connectivity index (χ1n) is 7.38. The van der Waals surface area contributed by atoms with Gasteiger partial charge in [-0.05, 0) is 29.8 Å². The number of anilines is 1. The Hall–Kier alpha value is -2.89. The van der Waals surface area contributed by atoms with E-state index < -0.39 is 0 Å². The molecular weight excluding hydrogens is 290 g/mol. The number of hydrogen-bond acceptors (Lipinski definition) is 3. The summed E-state index contributed by atoms with van der Waals surface area (Å²) in [7, 11) is 1.72. The zero-order chi connectivity index (χ0) is 16.5. The minimum Gasteiger partial charge on any atom is -0.352 e. The second-order valence-electron chi connectivity index (χ2n) is 4.98. The summed E-state index contributed by atoms with van der Waals surface area (Å²) in [5.41, 5.74) is 2.79. The van der Waals surface area contributed by atoms with Crippen LogP contribution in [-0.2, 0) is 17.9 Å². The highest BCUT2D eigenvalue weighted by molar-refractivity contribution is 5.88. The number of hydrogen-bond donors (Lipinski definition) is 3. The third-order valence-electron chi connectivity index (χ3n) is 3.09. The largest absolute Gasteiger partial charge is 0.352 e. The summed E-state index contributed by atoms with van der Waals surface area (Å²) in [6.07, 6.45) is 1.76. The molecule has 1 aromatic carbocycles. The molecule has 2 aromatic rings. The molecule has 0 aliphatic carbocycles. The van der Waals surface area contributed by atoms with Gasteiger partial charge in [0.05, 0.1) is 12.2 Å². The number of aromatic nitrogens is 1. The standard InChI is InChI=1S/C17H21N5O/c1-13(23)22-15-8-5-6-14(10-15)11-20-17(18-2)21-12-16-7-3-4-9-19-16/h3-10H,11-12H2,1-2H3,(H,22,23)(H2,18,20,21). The molecule has 6 nitrogen and oxygen atoms in total. The molecule has 0 saturated carbocycles. The van der Waals surface area contributed by atoms with Gasteiger partial charge in [-0.1, -0.05) is 18.2 Å². The van der Waals surface area contributed by atoms with Gasteiger partial charge in [0.15, 0.2) is 5.96 Å². The number of benzene rings is 1. The second kappa shape index (κ2) is 8.53. The van der Waals surface area contributed by atoms with Gasteiger partial charge < -0.3 is 16.0 Å². The molecule has 0 atom stereocenters. The van der Waals surface area contributed by atoms with E-state index in [1.165, 1.54) is 6.92 Å². The number of carbonyl (C=O) groups excluding carboxylic acids is 1. The highest BCUT2D eigenvalue weighted by atomic mass is 16.1. The number of pyridine rings is 1. The van der Waals surface area contributed by atoms with Crippen LogP contribution in [0.15, 0.2) is 53.7 Å². The highest BCUT2D eigenvalue weighted by Crippen LogP contribution is 2.10. The third kappa shape index (κ3) is 5.78. The van der Waals surface area contributed by atoms with Crippen molar-refractivity contribution in [2.75, 3.05) is 12.4 Å². The van der Waals surface area contributed by atoms with Gasteiger partial charge in [-0.25, -0.2) is 0 Å². The van der Waals surface area contributed by atoms with Crippen molar-refractivity contribution in [1.29, 1.82) is 0 Å². The van der Waals surface area contributed by atoms with E-state index in [2.05, 4.69) is 25.9 Å². The van der Waals surface area contributed by atoms with Crippen LogP contribution in [0.5, 0.6) is 0 Å². The Kier molecular flexibility index (Phi) is 6.11. The van der Waals surface area contributed by atoms with Gasteiger partial charge in [0.2, 0.25) is 5.91 Å². The van der Waals surface area contributed by atoms with Gasteiger partial charge in [0.1, 0.15) is 0 Å². The molecule has 0 fully saturated rings. The fourth-order valence-corrected chi connectivity index (χ4v) is 2.05. The molecule has 23 heavy (non-hydrogen) atoms. The van der Waals surface area contributed by atoms with Gasteiger partial charge in [-0.15, -0.1) is 0 Å². The lowest BCUT2D eigenvalue weighted by molar-refractivity contribution is -0.114. The quantitative estimate of drug-likeness (QED) is 0.582. The summed E-state index contributed by atoms with van der Waals surface area (Å²) in [5.74, 6) is 0.614. The minimum atomic E-state index is -0.0806. The molecule has 0 radical (unpaired) electrons. The van der Waals surface area contributed by atoms with Crippen molar-refractivity contribution in [2.45, 2.75) is 20.0 Å². The normalized spacial score (nSPS) is 11.0. The van der Waals surface area contributed by atoms with E-state index >= 15 is 0 Å². The predicted octanol–water partition coefficient (Wildman–Crippen LogP) is 1.91. The van der Waals surface area contributed by atoms with Crippen molar-refractivity contribution in [3.8, 4) is 0 Å². The molecule has 2 rings (SSSR count). The number of nitrogens with zero attached hydrogens (tertiary/aromatic N) is 2. The van der Waals surface area contributed by atoms with E-state index in [4.69, 9.17) is 0 Å². The molecule has 1 aromatic heterocycles. The first-order chi connectivity index (χ1) is 11.2. The number of amides is 1. The Bertz CT molecular complexity index is 670. The van der Waals surface area contributed by atoms with Crippen LogP contribution in [0.1, 0.15) is 18.2 Å². The minimum absolute atomic E-state index is 0.0806. The van der Waals surface area contributed by atoms with Crippen LogP contribution in [0.4, 0.5) is 5.69 Å². The molecule has 0 unspecified atom stereocenters. The third-order valence-corrected chi connectivity index (χ3v) is 3.09. The van der Waals surface area contributed by atoms with Crippen molar-refractivity contribution in [1.82, 2.24) is 15.6 Å². The lowest BCUT2D eigenvalue weighted by Gasteiger charge is -2.12. The summed E-state index contributed by atoms with van der Waals surface area (Å²) in [6, 6.07) is 13.5. The molecule has 0 aliphatic heterocycles. The Labute approximate surface area is 136 Å². The van der Waals surface area contributed by atoms with Crippen molar-refractivity contribution >= 4 is 17.6 Å². The maximum Gasteiger partial charge on any atom is 0.221 e. The Morgan fingerprint density at radius 1 is 1.13 bits per heavy atom. The molecule has 6 heteroatoms. The van der Waals surface area contributed by atoms with Crippen LogP contribution in [0.2, 0.25) is 0 Å². The highest BCUT2D eigenvalue weighted by Gasteiger charge is 2.01. The van der Waals surface area contributed by atoms with Crippen LogP contribution >= 0.6 is 0 Å². The molecule has 0 aliphatic rings. The molecule has 120 valence electrons. The van der Waals surface area contributed by atoms with E-state index in [1.807, 2.05) is 42.5 Å². The van der Waals surface area contributed by atoms with Crippen molar-refractivity contribution in [2.24, 2.45) is 4.99 Å². The molecular formula is C17H21N5O. The number of carbonyl (C=O) groups is 1. The summed E-state index contributed by atoms with van der Waals surface area (Å²) < 4.78 is 0. The van der Waals surface area contributed by atoms with Crippen LogP contribution in [-0.4, -0.2) is 23.9 Å². The molecule has 0 bridgehead atoms. The van der Waals surface area contributed by atoms with Crippen molar-refractivity contribution in [3.05, 3.63) is 59.9 Å². The van der Waals surface area contributed by atoms with Crippen LogP contribution < -0.4 is 16.0 Å². The summed E-state index contributed by atoms with van der Waals surface area (Å²) in [6.45, 7) is 2.70. The lowest BCUT2D eigenvalue weighted by atomic mass is 10.2. The average Bonchev–Trinajstić information content (AvgIpc) is 2.56. The average molecular weight is 311 g/mol. The maximum absolute atomic E-state index is 11.1. The fraction of sp³-hybridized carbons (Fsp3) is 0.235. The van der Waals surface area contributed by atoms with E-state index in [0.717, 1.165) is 16.9 Å². The summed E-state index contributed by atoms with van der Waals surface area (Å²) in [5, 5.41) is 9.22. The van der Waals surface area contributed by atoms with Gasteiger partial charge in [0.25, 0.3) is 0 Å². The first kappa shape index (κ1) is 16.5. The first-order valence-corrected chi connectivity index (χ1v) is 7.38. The van der Waals surface area contributed by atoms with Crippen LogP contribution in [0, 0.1) is 0 Å². The molecule has 1 amide bonds. The Morgan fingerprint density at radius 2 is 1.96 bits per heavy atom. The smallest absolute Gasteiger partial charge is 0.221 e. The predicted molar refractivity (Wildman–Crippen MR) is 92.0 cm³/mol. The zero-order valence-electron chi connectivity index (χ0n) is 13.3. The topological polar surface area (TPSA) is 78.4 Å². The fourth-order valence-electron chi connectivity index (χ4n) is 2.05. The summed E-state index contributed by atoms with van der Waals surface area (Å²) >= 11 is 0. The van der Waals surface area contributed by atoms with Crippen molar-refractivity contribution < 1.29 is 4.79 Å². The Balaban J connectivity index is 1.87. The molecule has 1 heterocycles. The SMILES string of the molecule is CN=C(NCc1cccc(NC(C)=O)c1)NCc1ccccn1. The van der Waals surface area contributed by atoms with Gasteiger partial charge in [-0.3, -0.25) is 14.8 Å². The van der Waals surface area contributed by atoms with E-state index in [-0.39, 0.29) is 5.91 Å². The number of rotatable bonds is 5. The van der Waals surface area contributed by atoms with E-state index in [9.17, 15) is 4.79 Å².